The van der Waals surface area contributed by atoms with Crippen molar-refractivity contribution >= 4 is 51.7 Å². The van der Waals surface area contributed by atoms with Crippen LogP contribution in [-0.4, -0.2) is 62.3 Å². The van der Waals surface area contributed by atoms with Gasteiger partial charge in [0.2, 0.25) is 0 Å². The number of amides is 2. The van der Waals surface area contributed by atoms with E-state index in [1.54, 1.807) is 12.3 Å². The first-order chi connectivity index (χ1) is 13.4. The first-order valence-corrected chi connectivity index (χ1v) is 10.1. The summed E-state index contributed by atoms with van der Waals surface area (Å²) in [5.41, 5.74) is 6.09. The molecule has 2 amide bonds. The molecule has 28 heavy (non-hydrogen) atoms. The number of carbonyl (C=O) groups is 3. The Morgan fingerprint density at radius 2 is 2.36 bits per heavy atom. The SMILES string of the molecule is C=CC1=C(C(=O)O)N2C(=O)C(NC(=O)/C(=N\OCC)c3csc(N)n3)C2SC1. The Hall–Kier alpha value is -2.86. The molecule has 0 aromatic carbocycles. The number of allylic oxidation sites excluding steroid dienone is 1. The van der Waals surface area contributed by atoms with Crippen LogP contribution in [0.5, 0.6) is 0 Å². The fourth-order valence-corrected chi connectivity index (χ4v) is 4.63. The van der Waals surface area contributed by atoms with Crippen molar-refractivity contribution in [3.63, 3.8) is 0 Å². The van der Waals surface area contributed by atoms with Gasteiger partial charge in [0.25, 0.3) is 11.8 Å². The number of hydrogen-bond donors (Lipinski definition) is 3. The standard InChI is InChI=1S/C16H17N5O5S2/c1-3-7-5-27-14-10(13(23)21(14)11(7)15(24)25)19-12(22)9(20-26-4-2)8-6-28-16(17)18-8/h3,6,10,14H,1,4-5H2,2H3,(H2,17,18)(H,19,22)(H,24,25)/b20-9-. The lowest BCUT2D eigenvalue weighted by atomic mass is 10.0. The second kappa shape index (κ2) is 8.02. The molecule has 1 fully saturated rings. The largest absolute Gasteiger partial charge is 0.477 e. The molecule has 2 atom stereocenters. The number of nitrogens with two attached hydrogens (primary N) is 1. The Labute approximate surface area is 168 Å². The fraction of sp³-hybridized carbons (Fsp3) is 0.312. The summed E-state index contributed by atoms with van der Waals surface area (Å²) in [6.45, 7) is 5.54. The minimum Gasteiger partial charge on any atom is -0.477 e. The molecule has 0 bridgehead atoms. The van der Waals surface area contributed by atoms with Crippen molar-refractivity contribution in [3.8, 4) is 0 Å². The molecule has 1 aromatic rings. The van der Waals surface area contributed by atoms with Gasteiger partial charge in [0, 0.05) is 11.1 Å². The Morgan fingerprint density at radius 3 is 2.93 bits per heavy atom. The van der Waals surface area contributed by atoms with Crippen LogP contribution in [0.1, 0.15) is 12.6 Å². The smallest absolute Gasteiger partial charge is 0.352 e. The molecular formula is C16H17N5O5S2. The van der Waals surface area contributed by atoms with Crippen LogP contribution in [0.15, 0.2) is 34.5 Å². The number of rotatable bonds is 7. The zero-order chi connectivity index (χ0) is 20.4. The zero-order valence-electron chi connectivity index (χ0n) is 14.7. The van der Waals surface area contributed by atoms with Crippen LogP contribution >= 0.6 is 23.1 Å². The van der Waals surface area contributed by atoms with Crippen LogP contribution in [0.2, 0.25) is 0 Å². The maximum Gasteiger partial charge on any atom is 0.352 e. The maximum absolute atomic E-state index is 12.7. The van der Waals surface area contributed by atoms with Crippen molar-refractivity contribution in [2.45, 2.75) is 18.3 Å². The lowest BCUT2D eigenvalue weighted by Gasteiger charge is -2.49. The average molecular weight is 423 g/mol. The molecule has 10 nitrogen and oxygen atoms in total. The second-order valence-electron chi connectivity index (χ2n) is 5.67. The van der Waals surface area contributed by atoms with Crippen LogP contribution < -0.4 is 11.1 Å². The predicted octanol–water partition coefficient (Wildman–Crippen LogP) is 0.391. The van der Waals surface area contributed by atoms with Crippen molar-refractivity contribution in [3.05, 3.63) is 35.0 Å². The quantitative estimate of drug-likeness (QED) is 0.324. The highest BCUT2D eigenvalue weighted by atomic mass is 32.2. The molecule has 3 heterocycles. The number of thiazole rings is 1. The van der Waals surface area contributed by atoms with Gasteiger partial charge in [0.15, 0.2) is 10.8 Å². The highest BCUT2D eigenvalue weighted by Crippen LogP contribution is 2.40. The van der Waals surface area contributed by atoms with E-state index in [-0.39, 0.29) is 28.8 Å². The normalized spacial score (nSPS) is 21.7. The van der Waals surface area contributed by atoms with Gasteiger partial charge in [-0.3, -0.25) is 14.5 Å². The molecular weight excluding hydrogens is 406 g/mol. The van der Waals surface area contributed by atoms with Crippen molar-refractivity contribution in [2.24, 2.45) is 5.16 Å². The molecule has 3 rings (SSSR count). The molecule has 2 aliphatic rings. The summed E-state index contributed by atoms with van der Waals surface area (Å²) in [6, 6.07) is -0.888. The van der Waals surface area contributed by atoms with Crippen LogP contribution in [0.3, 0.4) is 0 Å². The third kappa shape index (κ3) is 3.47. The summed E-state index contributed by atoms with van der Waals surface area (Å²) in [4.78, 5) is 47.0. The summed E-state index contributed by atoms with van der Waals surface area (Å²) in [7, 11) is 0. The van der Waals surface area contributed by atoms with E-state index in [4.69, 9.17) is 10.6 Å². The van der Waals surface area contributed by atoms with E-state index in [1.165, 1.54) is 22.7 Å². The first-order valence-electron chi connectivity index (χ1n) is 8.14. The molecule has 0 saturated carbocycles. The number of carboxylic acids is 1. The number of nitrogens with one attached hydrogen (secondary N) is 1. The van der Waals surface area contributed by atoms with Gasteiger partial charge < -0.3 is 21.0 Å². The Morgan fingerprint density at radius 1 is 1.61 bits per heavy atom. The molecule has 2 aliphatic heterocycles. The predicted molar refractivity (Wildman–Crippen MR) is 105 cm³/mol. The van der Waals surface area contributed by atoms with Crippen LogP contribution in [-0.2, 0) is 19.2 Å². The third-order valence-electron chi connectivity index (χ3n) is 4.00. The van der Waals surface area contributed by atoms with Crippen molar-refractivity contribution in [2.75, 3.05) is 18.1 Å². The Kier molecular flexibility index (Phi) is 5.70. The van der Waals surface area contributed by atoms with E-state index < -0.39 is 29.2 Å². The number of carboxylic acid groups (broad SMARTS) is 1. The lowest BCUT2D eigenvalue weighted by molar-refractivity contribution is -0.150. The molecule has 148 valence electrons. The molecule has 4 N–H and O–H groups in total. The molecule has 1 aromatic heterocycles. The van der Waals surface area contributed by atoms with Gasteiger partial charge in [-0.15, -0.1) is 23.1 Å². The number of anilines is 1. The van der Waals surface area contributed by atoms with Crippen LogP contribution in [0, 0.1) is 0 Å². The number of thioether (sulfide) groups is 1. The van der Waals surface area contributed by atoms with Crippen molar-refractivity contribution in [1.82, 2.24) is 15.2 Å². The van der Waals surface area contributed by atoms with Gasteiger partial charge in [-0.1, -0.05) is 17.8 Å². The van der Waals surface area contributed by atoms with E-state index in [1.807, 2.05) is 0 Å². The number of nitrogens with zero attached hydrogens (tertiary/aromatic N) is 3. The van der Waals surface area contributed by atoms with Gasteiger partial charge in [-0.25, -0.2) is 9.78 Å². The van der Waals surface area contributed by atoms with Gasteiger partial charge in [-0.2, -0.15) is 0 Å². The van der Waals surface area contributed by atoms with E-state index >= 15 is 0 Å². The van der Waals surface area contributed by atoms with Crippen molar-refractivity contribution in [1.29, 1.82) is 0 Å². The fourth-order valence-electron chi connectivity index (χ4n) is 2.74. The Balaban J connectivity index is 1.80. The monoisotopic (exact) mass is 423 g/mol. The van der Waals surface area contributed by atoms with Crippen LogP contribution in [0.25, 0.3) is 0 Å². The van der Waals surface area contributed by atoms with Crippen LogP contribution in [0.4, 0.5) is 5.13 Å². The maximum atomic E-state index is 12.7. The first kappa shape index (κ1) is 19.9. The number of oxime groups is 1. The highest BCUT2D eigenvalue weighted by Gasteiger charge is 2.54. The highest BCUT2D eigenvalue weighted by molar-refractivity contribution is 8.00. The zero-order valence-corrected chi connectivity index (χ0v) is 16.4. The van der Waals surface area contributed by atoms with Gasteiger partial charge in [0.1, 0.15) is 29.4 Å². The van der Waals surface area contributed by atoms with Gasteiger partial charge in [-0.05, 0) is 12.5 Å². The lowest BCUT2D eigenvalue weighted by Crippen LogP contribution is -2.71. The molecule has 2 unspecified atom stereocenters. The minimum atomic E-state index is -1.21. The number of aromatic nitrogens is 1. The molecule has 0 spiro atoms. The number of hydrogen-bond acceptors (Lipinski definition) is 9. The van der Waals surface area contributed by atoms with Crippen molar-refractivity contribution < 1.29 is 24.3 Å². The van der Waals surface area contributed by atoms with E-state index in [0.717, 1.165) is 11.3 Å². The second-order valence-corrected chi connectivity index (χ2v) is 7.67. The molecule has 1 saturated heterocycles. The van der Waals surface area contributed by atoms with E-state index in [2.05, 4.69) is 22.0 Å². The summed E-state index contributed by atoms with van der Waals surface area (Å²) < 4.78 is 0. The summed E-state index contributed by atoms with van der Waals surface area (Å²) in [5.74, 6) is -2.02. The number of nitrogen functional groups attached to an aromatic ring is 1. The molecule has 0 radical (unpaired) electrons. The summed E-state index contributed by atoms with van der Waals surface area (Å²) >= 11 is 2.48. The summed E-state index contributed by atoms with van der Waals surface area (Å²) in [5, 5.41) is 17.1. The molecule has 0 aliphatic carbocycles. The van der Waals surface area contributed by atoms with Gasteiger partial charge in [0.05, 0.1) is 0 Å². The number of β-lactam (4-membered cyclic amide) rings is 1. The third-order valence-corrected chi connectivity index (χ3v) is 5.97. The minimum absolute atomic E-state index is 0.107. The topological polar surface area (TPSA) is 147 Å². The number of aliphatic carboxylic acids is 1. The van der Waals surface area contributed by atoms with Gasteiger partial charge >= 0.3 is 5.97 Å². The number of fused-ring (bicyclic) bond motifs is 1. The van der Waals surface area contributed by atoms with E-state index in [9.17, 15) is 19.5 Å². The van der Waals surface area contributed by atoms with E-state index in [0.29, 0.717) is 11.3 Å². The molecule has 12 heteroatoms. The average Bonchev–Trinajstić information content (AvgIpc) is 3.10. The summed E-state index contributed by atoms with van der Waals surface area (Å²) in [6.07, 6.45) is 1.42. The Bertz CT molecular complexity index is 909. The number of carbonyl (C=O) groups excluding carboxylic acids is 2.